The summed E-state index contributed by atoms with van der Waals surface area (Å²) in [6.45, 7) is -1.01. The smallest absolute Gasteiger partial charge is 0.251 e. The van der Waals surface area contributed by atoms with E-state index in [1.165, 1.54) is 7.05 Å². The Balaban J connectivity index is 1.53. The third kappa shape index (κ3) is 6.15. The molecule has 2 heterocycles. The molecule has 12 nitrogen and oxygen atoms in total. The topological polar surface area (TPSA) is 187 Å². The van der Waals surface area contributed by atoms with Crippen LogP contribution in [0.4, 0.5) is 0 Å². The number of hydrogen-bond acceptors (Lipinski definition) is 11. The highest BCUT2D eigenvalue weighted by molar-refractivity contribution is 5.94. The van der Waals surface area contributed by atoms with E-state index in [0.717, 1.165) is 0 Å². The lowest BCUT2D eigenvalue weighted by Crippen LogP contribution is -2.60. The molecule has 38 heavy (non-hydrogen) atoms. The molecule has 2 aromatic rings. The molecule has 9 atom stereocenters. The minimum absolute atomic E-state index is 0.0143. The Kier molecular flexibility index (Phi) is 9.31. The molecule has 0 bridgehead atoms. The van der Waals surface area contributed by atoms with Crippen molar-refractivity contribution >= 4 is 5.91 Å². The highest BCUT2D eigenvalue weighted by atomic mass is 16.7. The van der Waals surface area contributed by atoms with Gasteiger partial charge >= 0.3 is 0 Å². The maximum Gasteiger partial charge on any atom is 0.251 e. The zero-order chi connectivity index (χ0) is 27.4. The van der Waals surface area contributed by atoms with E-state index in [0.29, 0.717) is 22.6 Å². The van der Waals surface area contributed by atoms with Gasteiger partial charge in [0.15, 0.2) is 6.29 Å². The van der Waals surface area contributed by atoms with Crippen LogP contribution in [0.25, 0.3) is 0 Å². The predicted molar refractivity (Wildman–Crippen MR) is 130 cm³/mol. The fourth-order valence-electron chi connectivity index (χ4n) is 4.53. The first-order valence-corrected chi connectivity index (χ1v) is 12.3. The fraction of sp³-hybridized carbons (Fsp3) is 0.500. The monoisotopic (exact) mass is 535 g/mol. The van der Waals surface area contributed by atoms with Crippen LogP contribution in [0.1, 0.15) is 28.4 Å². The van der Waals surface area contributed by atoms with Gasteiger partial charge in [-0.2, -0.15) is 0 Å². The number of amides is 1. The van der Waals surface area contributed by atoms with Gasteiger partial charge in [-0.1, -0.05) is 12.1 Å². The molecule has 0 saturated carbocycles. The molecule has 1 amide bonds. The summed E-state index contributed by atoms with van der Waals surface area (Å²) < 4.78 is 22.9. The Hall–Kier alpha value is -2.65. The molecule has 2 fully saturated rings. The van der Waals surface area contributed by atoms with Gasteiger partial charge in [0.2, 0.25) is 0 Å². The first-order chi connectivity index (χ1) is 18.2. The zero-order valence-corrected chi connectivity index (χ0v) is 20.7. The van der Waals surface area contributed by atoms with E-state index in [4.69, 9.17) is 18.9 Å². The first-order valence-electron chi connectivity index (χ1n) is 12.3. The van der Waals surface area contributed by atoms with Crippen LogP contribution in [0.3, 0.4) is 0 Å². The van der Waals surface area contributed by atoms with E-state index >= 15 is 0 Å². The highest BCUT2D eigenvalue weighted by Crippen LogP contribution is 2.37. The number of aliphatic hydroxyl groups excluding tert-OH is 6. The van der Waals surface area contributed by atoms with Crippen molar-refractivity contribution in [3.05, 3.63) is 59.7 Å². The van der Waals surface area contributed by atoms with Crippen LogP contribution in [0.15, 0.2) is 48.5 Å². The molecular formula is C26H33NO11. The maximum absolute atomic E-state index is 11.7. The predicted octanol–water partition coefficient (Wildman–Crippen LogP) is -0.793. The third-order valence-electron chi connectivity index (χ3n) is 6.63. The summed E-state index contributed by atoms with van der Waals surface area (Å²) in [7, 11) is 1.54. The summed E-state index contributed by atoms with van der Waals surface area (Å²) in [5, 5.41) is 64.1. The lowest BCUT2D eigenvalue weighted by Gasteiger charge is -2.45. The number of nitrogens with one attached hydrogen (secondary N) is 1. The van der Waals surface area contributed by atoms with Crippen LogP contribution < -0.4 is 10.1 Å². The summed E-state index contributed by atoms with van der Waals surface area (Å²) >= 11 is 0. The number of hydrogen-bond donors (Lipinski definition) is 7. The molecule has 7 N–H and O–H groups in total. The summed E-state index contributed by atoms with van der Waals surface area (Å²) in [5.74, 6) is 0.632. The van der Waals surface area contributed by atoms with E-state index in [2.05, 4.69) is 5.32 Å². The molecule has 208 valence electrons. The first kappa shape index (κ1) is 28.4. The summed E-state index contributed by atoms with van der Waals surface area (Å²) in [4.78, 5) is 11.7. The standard InChI is InChI=1S/C26H33NO11/c1-27-25(34)13-5-7-15(8-6-13)35-16-4-2-3-14(9-16)23-22(33)24(21(32)19(12-29)37-23)38-26-20(31)18(30)10-17(11-28)36-26/h2-9,17-24,26,28-33H,10-12H2,1H3,(H,27,34)/t17-,18-,19+,20-,21-,22+,23+,24-,26+/m0/s1. The Morgan fingerprint density at radius 1 is 0.947 bits per heavy atom. The van der Waals surface area contributed by atoms with Crippen molar-refractivity contribution in [1.82, 2.24) is 5.32 Å². The van der Waals surface area contributed by atoms with Gasteiger partial charge in [0.05, 0.1) is 25.4 Å². The van der Waals surface area contributed by atoms with Crippen LogP contribution in [0.5, 0.6) is 11.5 Å². The van der Waals surface area contributed by atoms with Crippen molar-refractivity contribution < 1.29 is 54.4 Å². The second-order valence-electron chi connectivity index (χ2n) is 9.24. The number of carbonyl (C=O) groups excluding carboxylic acids is 1. The van der Waals surface area contributed by atoms with Crippen molar-refractivity contribution in [1.29, 1.82) is 0 Å². The minimum atomic E-state index is -1.49. The molecule has 0 aliphatic carbocycles. The Morgan fingerprint density at radius 3 is 2.34 bits per heavy atom. The van der Waals surface area contributed by atoms with Crippen LogP contribution in [0.2, 0.25) is 0 Å². The molecule has 0 spiro atoms. The third-order valence-corrected chi connectivity index (χ3v) is 6.63. The van der Waals surface area contributed by atoms with Gasteiger partial charge in [-0.25, -0.2) is 0 Å². The second-order valence-corrected chi connectivity index (χ2v) is 9.24. The number of carbonyl (C=O) groups is 1. The minimum Gasteiger partial charge on any atom is -0.457 e. The van der Waals surface area contributed by atoms with E-state index < -0.39 is 68.3 Å². The SMILES string of the molecule is CNC(=O)c1ccc(Oc2cccc([C@H]3O[C@H](CO)[C@H](O)[C@H](O[C@H]4O[C@H](CO)C[C@H](O)[C@@H]4O)[C@@H]3O)c2)cc1. The van der Waals surface area contributed by atoms with Crippen molar-refractivity contribution in [2.24, 2.45) is 0 Å². The summed E-state index contributed by atoms with van der Waals surface area (Å²) in [5.41, 5.74) is 0.922. The summed E-state index contributed by atoms with van der Waals surface area (Å²) in [6, 6.07) is 13.1. The maximum atomic E-state index is 11.7. The van der Waals surface area contributed by atoms with Crippen molar-refractivity contribution in [2.45, 2.75) is 61.5 Å². The molecule has 0 unspecified atom stereocenters. The van der Waals surface area contributed by atoms with Gasteiger partial charge in [0, 0.05) is 19.0 Å². The molecule has 2 saturated heterocycles. The van der Waals surface area contributed by atoms with Crippen LogP contribution in [0, 0.1) is 0 Å². The second kappa shape index (κ2) is 12.5. The average molecular weight is 536 g/mol. The number of benzene rings is 2. The Bertz CT molecular complexity index is 1070. The molecule has 0 aromatic heterocycles. The Labute approximate surface area is 219 Å². The Morgan fingerprint density at radius 2 is 1.68 bits per heavy atom. The van der Waals surface area contributed by atoms with Crippen LogP contribution in [-0.2, 0) is 14.2 Å². The van der Waals surface area contributed by atoms with E-state index in [1.807, 2.05) is 0 Å². The lowest BCUT2D eigenvalue weighted by molar-refractivity contribution is -0.327. The largest absolute Gasteiger partial charge is 0.457 e. The van der Waals surface area contributed by atoms with E-state index in [-0.39, 0.29) is 12.3 Å². The molecule has 0 radical (unpaired) electrons. The molecule has 2 aliphatic rings. The van der Waals surface area contributed by atoms with Gasteiger partial charge < -0.3 is 54.9 Å². The highest BCUT2D eigenvalue weighted by Gasteiger charge is 2.49. The van der Waals surface area contributed by atoms with Crippen molar-refractivity contribution in [3.63, 3.8) is 0 Å². The lowest BCUT2D eigenvalue weighted by atomic mass is 9.90. The molecule has 2 aromatic carbocycles. The van der Waals surface area contributed by atoms with Gasteiger partial charge in [-0.15, -0.1) is 0 Å². The normalized spacial score (nSPS) is 33.5. The average Bonchev–Trinajstić information content (AvgIpc) is 2.93. The van der Waals surface area contributed by atoms with Crippen LogP contribution >= 0.6 is 0 Å². The molecule has 12 heteroatoms. The zero-order valence-electron chi connectivity index (χ0n) is 20.7. The number of aliphatic hydroxyl groups is 6. The van der Waals surface area contributed by atoms with E-state index in [1.54, 1.807) is 48.5 Å². The van der Waals surface area contributed by atoms with Gasteiger partial charge in [0.25, 0.3) is 5.91 Å². The molecule has 4 rings (SSSR count). The van der Waals surface area contributed by atoms with Crippen molar-refractivity contribution in [2.75, 3.05) is 20.3 Å². The fourth-order valence-corrected chi connectivity index (χ4v) is 4.53. The van der Waals surface area contributed by atoms with Gasteiger partial charge in [-0.05, 0) is 42.0 Å². The summed E-state index contributed by atoms with van der Waals surface area (Å²) in [6.07, 6.45) is -11.6. The molecule has 2 aliphatic heterocycles. The van der Waals surface area contributed by atoms with E-state index in [9.17, 15) is 35.4 Å². The molecular weight excluding hydrogens is 502 g/mol. The van der Waals surface area contributed by atoms with Crippen molar-refractivity contribution in [3.8, 4) is 11.5 Å². The number of rotatable bonds is 8. The quantitative estimate of drug-likeness (QED) is 0.224. The van der Waals surface area contributed by atoms with Crippen LogP contribution in [-0.4, -0.2) is 106 Å². The number of ether oxygens (including phenoxy) is 4. The van der Waals surface area contributed by atoms with Gasteiger partial charge in [-0.3, -0.25) is 4.79 Å². The van der Waals surface area contributed by atoms with Gasteiger partial charge in [0.1, 0.15) is 48.1 Å².